The van der Waals surface area contributed by atoms with E-state index in [-0.39, 0.29) is 17.9 Å². The minimum atomic E-state index is -0.0321. The lowest BCUT2D eigenvalue weighted by atomic mass is 9.94. The molecule has 2 atom stereocenters. The highest BCUT2D eigenvalue weighted by Gasteiger charge is 2.28. The number of hydrogen-bond donors (Lipinski definition) is 1. The van der Waals surface area contributed by atoms with Gasteiger partial charge in [0.1, 0.15) is 12.7 Å². The van der Waals surface area contributed by atoms with Gasteiger partial charge in [-0.15, -0.1) is 0 Å². The van der Waals surface area contributed by atoms with E-state index >= 15 is 0 Å². The summed E-state index contributed by atoms with van der Waals surface area (Å²) in [6, 6.07) is 8.17. The molecular weight excluding hydrogens is 292 g/mol. The molecule has 1 amide bonds. The Labute approximate surface area is 135 Å². The van der Waals surface area contributed by atoms with Gasteiger partial charge >= 0.3 is 0 Å². The number of hydrogen-bond acceptors (Lipinski definition) is 4. The third-order valence-electron chi connectivity index (χ3n) is 4.24. The monoisotopic (exact) mass is 314 g/mol. The van der Waals surface area contributed by atoms with Gasteiger partial charge < -0.3 is 10.1 Å². The van der Waals surface area contributed by atoms with Crippen LogP contribution in [0.1, 0.15) is 30.9 Å². The predicted octanol–water partition coefficient (Wildman–Crippen LogP) is 1.76. The minimum absolute atomic E-state index is 0.00815. The number of nitrogens with one attached hydrogen (secondary N) is 1. The molecule has 1 fully saturated rings. The van der Waals surface area contributed by atoms with Gasteiger partial charge in [-0.1, -0.05) is 24.3 Å². The number of carbonyl (C=O) groups excluding carboxylic acids is 1. The number of benzene rings is 1. The first-order chi connectivity index (χ1) is 11.2. The third kappa shape index (κ3) is 4.16. The molecule has 0 aliphatic carbocycles. The van der Waals surface area contributed by atoms with Gasteiger partial charge in [0, 0.05) is 13.2 Å². The number of amides is 1. The van der Waals surface area contributed by atoms with Crippen molar-refractivity contribution in [3.8, 4) is 0 Å². The highest BCUT2D eigenvalue weighted by atomic mass is 16.5. The smallest absolute Gasteiger partial charge is 0.225 e. The second-order valence-corrected chi connectivity index (χ2v) is 5.95. The molecule has 6 nitrogen and oxygen atoms in total. The SMILES string of the molecule is C[C@H]1OCCC[C@@H]1C(=O)NCc1ccc(Cn2cncn2)cc1. The van der Waals surface area contributed by atoms with Crippen molar-refractivity contribution < 1.29 is 9.53 Å². The zero-order chi connectivity index (χ0) is 16.1. The molecule has 1 aliphatic rings. The van der Waals surface area contributed by atoms with Crippen LogP contribution in [0.2, 0.25) is 0 Å². The number of rotatable bonds is 5. The highest BCUT2D eigenvalue weighted by Crippen LogP contribution is 2.20. The summed E-state index contributed by atoms with van der Waals surface area (Å²) >= 11 is 0. The summed E-state index contributed by atoms with van der Waals surface area (Å²) in [4.78, 5) is 16.2. The van der Waals surface area contributed by atoms with Gasteiger partial charge in [-0.2, -0.15) is 5.10 Å². The first-order valence-electron chi connectivity index (χ1n) is 8.02. The van der Waals surface area contributed by atoms with Gasteiger partial charge in [-0.3, -0.25) is 4.79 Å². The lowest BCUT2D eigenvalue weighted by molar-refractivity contribution is -0.133. The normalized spacial score (nSPS) is 21.1. The second-order valence-electron chi connectivity index (χ2n) is 5.95. The predicted molar refractivity (Wildman–Crippen MR) is 85.6 cm³/mol. The van der Waals surface area contributed by atoms with Crippen LogP contribution in [-0.2, 0) is 22.6 Å². The topological polar surface area (TPSA) is 69.0 Å². The van der Waals surface area contributed by atoms with E-state index in [1.54, 1.807) is 11.0 Å². The van der Waals surface area contributed by atoms with Crippen LogP contribution in [0.25, 0.3) is 0 Å². The molecule has 0 spiro atoms. The van der Waals surface area contributed by atoms with Crippen LogP contribution in [0.5, 0.6) is 0 Å². The molecule has 1 aromatic carbocycles. The fourth-order valence-corrected chi connectivity index (χ4v) is 2.85. The van der Waals surface area contributed by atoms with Crippen LogP contribution >= 0.6 is 0 Å². The molecule has 6 heteroatoms. The van der Waals surface area contributed by atoms with Gasteiger partial charge in [-0.05, 0) is 30.9 Å². The first kappa shape index (κ1) is 15.7. The van der Waals surface area contributed by atoms with Crippen LogP contribution in [0.3, 0.4) is 0 Å². The Morgan fingerprint density at radius 3 is 2.83 bits per heavy atom. The lowest BCUT2D eigenvalue weighted by Crippen LogP contribution is -2.39. The van der Waals surface area contributed by atoms with Crippen molar-refractivity contribution in [2.75, 3.05) is 6.61 Å². The molecule has 0 radical (unpaired) electrons. The summed E-state index contributed by atoms with van der Waals surface area (Å²) in [6.45, 7) is 3.98. The first-order valence-corrected chi connectivity index (χ1v) is 8.02. The molecule has 23 heavy (non-hydrogen) atoms. The van der Waals surface area contributed by atoms with Crippen molar-refractivity contribution in [1.29, 1.82) is 0 Å². The summed E-state index contributed by atoms with van der Waals surface area (Å²) in [5.41, 5.74) is 2.24. The Balaban J connectivity index is 1.51. The summed E-state index contributed by atoms with van der Waals surface area (Å²) in [5.74, 6) is 0.0548. The van der Waals surface area contributed by atoms with E-state index in [4.69, 9.17) is 4.74 Å². The van der Waals surface area contributed by atoms with Gasteiger partial charge in [-0.25, -0.2) is 9.67 Å². The Hall–Kier alpha value is -2.21. The van der Waals surface area contributed by atoms with Crippen molar-refractivity contribution in [1.82, 2.24) is 20.1 Å². The molecule has 2 aromatic rings. The number of ether oxygens (including phenoxy) is 1. The molecule has 3 rings (SSSR count). The van der Waals surface area contributed by atoms with Crippen molar-refractivity contribution in [3.05, 3.63) is 48.0 Å². The fourth-order valence-electron chi connectivity index (χ4n) is 2.85. The van der Waals surface area contributed by atoms with Gasteiger partial charge in [0.15, 0.2) is 0 Å². The Kier molecular flexibility index (Phi) is 5.02. The van der Waals surface area contributed by atoms with Crippen LogP contribution in [0, 0.1) is 5.92 Å². The van der Waals surface area contributed by atoms with Crippen molar-refractivity contribution in [2.45, 2.75) is 39.0 Å². The van der Waals surface area contributed by atoms with E-state index in [2.05, 4.69) is 27.5 Å². The van der Waals surface area contributed by atoms with Crippen LogP contribution in [0.4, 0.5) is 0 Å². The molecule has 1 aliphatic heterocycles. The summed E-state index contributed by atoms with van der Waals surface area (Å²) in [5, 5.41) is 7.11. The van der Waals surface area contributed by atoms with Crippen molar-refractivity contribution in [3.63, 3.8) is 0 Å². The molecule has 1 saturated heterocycles. The van der Waals surface area contributed by atoms with E-state index in [0.29, 0.717) is 13.1 Å². The molecule has 122 valence electrons. The van der Waals surface area contributed by atoms with Gasteiger partial charge in [0.05, 0.1) is 18.6 Å². The van der Waals surface area contributed by atoms with E-state index in [9.17, 15) is 4.79 Å². The lowest BCUT2D eigenvalue weighted by Gasteiger charge is -2.28. The highest BCUT2D eigenvalue weighted by molar-refractivity contribution is 5.79. The van der Waals surface area contributed by atoms with Crippen LogP contribution in [0.15, 0.2) is 36.9 Å². The molecule has 2 heterocycles. The maximum Gasteiger partial charge on any atom is 0.225 e. The largest absolute Gasteiger partial charge is 0.378 e. The zero-order valence-electron chi connectivity index (χ0n) is 13.3. The van der Waals surface area contributed by atoms with E-state index in [0.717, 1.165) is 30.6 Å². The summed E-state index contributed by atoms with van der Waals surface area (Å²) in [6.07, 6.45) is 5.10. The number of carbonyl (C=O) groups is 1. The zero-order valence-corrected chi connectivity index (χ0v) is 13.3. The quantitative estimate of drug-likeness (QED) is 0.913. The fraction of sp³-hybridized carbons (Fsp3) is 0.471. The maximum absolute atomic E-state index is 12.3. The Morgan fingerprint density at radius 2 is 2.13 bits per heavy atom. The average molecular weight is 314 g/mol. The van der Waals surface area contributed by atoms with Gasteiger partial charge in [0.25, 0.3) is 0 Å². The number of aromatic nitrogens is 3. The summed E-state index contributed by atoms with van der Waals surface area (Å²) in [7, 11) is 0. The second kappa shape index (κ2) is 7.37. The third-order valence-corrected chi connectivity index (χ3v) is 4.24. The van der Waals surface area contributed by atoms with Crippen LogP contribution < -0.4 is 5.32 Å². The van der Waals surface area contributed by atoms with Crippen LogP contribution in [-0.4, -0.2) is 33.4 Å². The maximum atomic E-state index is 12.3. The van der Waals surface area contributed by atoms with Crippen molar-refractivity contribution in [2.24, 2.45) is 5.92 Å². The van der Waals surface area contributed by atoms with Crippen molar-refractivity contribution >= 4 is 5.91 Å². The van der Waals surface area contributed by atoms with E-state index in [1.165, 1.54) is 6.33 Å². The van der Waals surface area contributed by atoms with E-state index < -0.39 is 0 Å². The molecule has 1 N–H and O–H groups in total. The molecular formula is C17H22N4O2. The summed E-state index contributed by atoms with van der Waals surface area (Å²) < 4.78 is 7.33. The minimum Gasteiger partial charge on any atom is -0.378 e. The Bertz CT molecular complexity index is 625. The molecule has 0 bridgehead atoms. The molecule has 0 saturated carbocycles. The Morgan fingerprint density at radius 1 is 1.35 bits per heavy atom. The average Bonchev–Trinajstić information content (AvgIpc) is 3.07. The van der Waals surface area contributed by atoms with E-state index in [1.807, 2.05) is 19.1 Å². The standard InChI is InChI=1S/C17H22N4O2/c1-13-16(3-2-8-23-13)17(22)19-9-14-4-6-15(7-5-14)10-21-12-18-11-20-21/h4-7,11-13,16H,2-3,8-10H2,1H3,(H,19,22)/t13-,16+/m1/s1. The number of nitrogens with zero attached hydrogens (tertiary/aromatic N) is 3. The van der Waals surface area contributed by atoms with Gasteiger partial charge in [0.2, 0.25) is 5.91 Å². The molecule has 1 aromatic heterocycles. The molecule has 0 unspecified atom stereocenters.